The molecule has 15 heteroatoms. The van der Waals surface area contributed by atoms with Crippen LogP contribution in [0.25, 0.3) is 22.2 Å². The van der Waals surface area contributed by atoms with Gasteiger partial charge in [-0.25, -0.2) is 19.3 Å². The van der Waals surface area contributed by atoms with Gasteiger partial charge < -0.3 is 30.0 Å². The van der Waals surface area contributed by atoms with E-state index in [2.05, 4.69) is 20.3 Å². The van der Waals surface area contributed by atoms with Gasteiger partial charge in [0.2, 0.25) is 5.95 Å². The molecule has 4 saturated carbocycles. The lowest BCUT2D eigenvalue weighted by Gasteiger charge is -2.55. The van der Waals surface area contributed by atoms with Gasteiger partial charge in [0.15, 0.2) is 11.5 Å². The van der Waals surface area contributed by atoms with Gasteiger partial charge in [0, 0.05) is 68.2 Å². The quantitative estimate of drug-likeness (QED) is 0.103. The number of nitrogens with one attached hydrogen (secondary N) is 2. The molecule has 1 aliphatic heterocycles. The minimum Gasteiger partial charge on any atom is -0.490 e. The number of carbonyl (C=O) groups excluding carboxylic acids is 1. The van der Waals surface area contributed by atoms with E-state index in [0.717, 1.165) is 62.9 Å². The number of pyridine rings is 1. The minimum absolute atomic E-state index is 0.0249. The number of ether oxygens (including phenoxy) is 1. The van der Waals surface area contributed by atoms with Crippen molar-refractivity contribution in [2.24, 2.45) is 35.0 Å². The van der Waals surface area contributed by atoms with Crippen LogP contribution in [0.3, 0.4) is 0 Å². The number of carbonyl (C=O) groups is 2. The molecule has 5 fully saturated rings. The summed E-state index contributed by atoms with van der Waals surface area (Å²) in [5.41, 5.74) is -0.418. The smallest absolute Gasteiger partial charge is 0.434 e. The van der Waals surface area contributed by atoms with Crippen molar-refractivity contribution < 1.29 is 37.0 Å². The molecule has 3 aromatic heterocycles. The van der Waals surface area contributed by atoms with Gasteiger partial charge in [-0.1, -0.05) is 0 Å². The van der Waals surface area contributed by atoms with Gasteiger partial charge in [-0.05, 0) is 110 Å². The third-order valence-electron chi connectivity index (χ3n) is 13.7. The average Bonchev–Trinajstić information content (AvgIpc) is 3.63. The van der Waals surface area contributed by atoms with Gasteiger partial charge in [0.05, 0.1) is 29.2 Å². The molecule has 1 saturated heterocycles. The number of carboxylic acids is 1. The first-order valence-electron chi connectivity index (χ1n) is 20.0. The van der Waals surface area contributed by atoms with Crippen LogP contribution in [-0.4, -0.2) is 68.5 Å². The Labute approximate surface area is 326 Å². The zero-order valence-corrected chi connectivity index (χ0v) is 31.3. The maximum absolute atomic E-state index is 14.7. The Bertz CT molecular complexity index is 2200. The van der Waals surface area contributed by atoms with Gasteiger partial charge in [-0.15, -0.1) is 0 Å². The maximum atomic E-state index is 14.7. The Morgan fingerprint density at radius 1 is 1.04 bits per heavy atom. The van der Waals surface area contributed by atoms with Gasteiger partial charge in [0.25, 0.3) is 5.91 Å². The van der Waals surface area contributed by atoms with Crippen LogP contribution >= 0.6 is 0 Å². The van der Waals surface area contributed by atoms with Crippen LogP contribution in [0.5, 0.6) is 5.75 Å². The van der Waals surface area contributed by atoms with Crippen LogP contribution < -0.4 is 15.0 Å². The number of hydrogen-bond donors (Lipinski definition) is 3. The van der Waals surface area contributed by atoms with E-state index in [4.69, 9.17) is 10.1 Å². The molecule has 1 spiro atoms. The molecule has 57 heavy (non-hydrogen) atoms. The molecule has 4 aliphatic carbocycles. The summed E-state index contributed by atoms with van der Waals surface area (Å²) in [6, 6.07) is 8.29. The first-order chi connectivity index (χ1) is 27.4. The van der Waals surface area contributed by atoms with Gasteiger partial charge >= 0.3 is 12.1 Å². The number of carboxylic acid groups (broad SMARTS) is 1. The van der Waals surface area contributed by atoms with E-state index in [1.807, 2.05) is 33.9 Å². The third-order valence-corrected chi connectivity index (χ3v) is 13.7. The molecule has 1 aromatic carbocycles. The predicted molar refractivity (Wildman–Crippen MR) is 203 cm³/mol. The molecule has 5 unspecified atom stereocenters. The second-order valence-electron chi connectivity index (χ2n) is 17.1. The third kappa shape index (κ3) is 7.00. The molecule has 5 atom stereocenters. The number of halogens is 4. The summed E-state index contributed by atoms with van der Waals surface area (Å²) < 4.78 is 65.9. The molecule has 4 aromatic rings. The Kier molecular flexibility index (Phi) is 9.46. The number of piperidine rings is 1. The highest BCUT2D eigenvalue weighted by Crippen LogP contribution is 2.70. The number of fused-ring (bicyclic) bond motifs is 2. The van der Waals surface area contributed by atoms with E-state index in [1.165, 1.54) is 18.3 Å². The van der Waals surface area contributed by atoms with Crippen molar-refractivity contribution in [2.45, 2.75) is 82.5 Å². The Balaban J connectivity index is 0.937. The standard InChI is InChI=1S/C42H45F4N7O4/c43-28-20-49-40(50-21-28)52-7-5-30(6-8-52)57-31-1-2-32-34(22-53(36(32)15-31)29-11-24(12-29)18-47)35-4-3-33(38(51-35)42(44,45)46)39(56)48-19-25-9-23-10-26-13-27(14-37(54)55)41(26,16-23)17-25/h1-4,15,18,20-27,29-30,47H,5-14,16-17,19H2,(H,48,56)(H,54,55). The summed E-state index contributed by atoms with van der Waals surface area (Å²) in [6.07, 6.45) is 8.20. The number of anilines is 1. The number of hydrogen-bond acceptors (Lipinski definition) is 8. The second-order valence-corrected chi connectivity index (χ2v) is 17.1. The predicted octanol–water partition coefficient (Wildman–Crippen LogP) is 7.95. The van der Waals surface area contributed by atoms with E-state index in [9.17, 15) is 32.3 Å². The largest absolute Gasteiger partial charge is 0.490 e. The number of benzene rings is 1. The molecule has 300 valence electrons. The fourth-order valence-electron chi connectivity index (χ4n) is 11.0. The van der Waals surface area contributed by atoms with Crippen molar-refractivity contribution in [1.82, 2.24) is 24.8 Å². The van der Waals surface area contributed by atoms with Crippen LogP contribution in [-0.2, 0) is 11.0 Å². The summed E-state index contributed by atoms with van der Waals surface area (Å²) in [7, 11) is 0. The highest BCUT2D eigenvalue weighted by Gasteiger charge is 2.62. The van der Waals surface area contributed by atoms with E-state index in [-0.39, 0.29) is 54.0 Å². The summed E-state index contributed by atoms with van der Waals surface area (Å²) in [5.74, 6) is 0.269. The average molecular weight is 788 g/mol. The van der Waals surface area contributed by atoms with Crippen molar-refractivity contribution >= 4 is 34.9 Å². The molecule has 0 radical (unpaired) electrons. The molecule has 11 nitrogen and oxygen atoms in total. The van der Waals surface area contributed by atoms with Crippen LogP contribution in [0.15, 0.2) is 48.9 Å². The highest BCUT2D eigenvalue weighted by molar-refractivity contribution is 5.98. The van der Waals surface area contributed by atoms with E-state index in [0.29, 0.717) is 60.4 Å². The Morgan fingerprint density at radius 2 is 1.81 bits per heavy atom. The van der Waals surface area contributed by atoms with Gasteiger partial charge in [-0.2, -0.15) is 13.2 Å². The lowest BCUT2D eigenvalue weighted by atomic mass is 9.49. The number of amides is 1. The monoisotopic (exact) mass is 787 g/mol. The summed E-state index contributed by atoms with van der Waals surface area (Å²) >= 11 is 0. The maximum Gasteiger partial charge on any atom is 0.434 e. The topological polar surface area (TPSA) is 146 Å². The van der Waals surface area contributed by atoms with Gasteiger partial charge in [0.1, 0.15) is 11.9 Å². The normalized spacial score (nSPS) is 28.3. The highest BCUT2D eigenvalue weighted by atomic mass is 19.4. The molecular formula is C42H45F4N7O4. The summed E-state index contributed by atoms with van der Waals surface area (Å²) in [5, 5.41) is 20.7. The molecule has 5 aliphatic rings. The van der Waals surface area contributed by atoms with Crippen LogP contribution in [0.1, 0.15) is 86.3 Å². The van der Waals surface area contributed by atoms with Crippen LogP contribution in [0.2, 0.25) is 0 Å². The molecule has 9 rings (SSSR count). The van der Waals surface area contributed by atoms with Gasteiger partial charge in [-0.3, -0.25) is 9.59 Å². The van der Waals surface area contributed by atoms with E-state index < -0.39 is 35.1 Å². The Hall–Kier alpha value is -5.08. The summed E-state index contributed by atoms with van der Waals surface area (Å²) in [4.78, 5) is 39.3. The fourth-order valence-corrected chi connectivity index (χ4v) is 11.0. The minimum atomic E-state index is -4.89. The molecule has 3 N–H and O–H groups in total. The summed E-state index contributed by atoms with van der Waals surface area (Å²) in [6.45, 7) is 1.50. The zero-order chi connectivity index (χ0) is 39.6. The number of rotatable bonds is 11. The zero-order valence-electron chi connectivity index (χ0n) is 31.3. The second kappa shape index (κ2) is 14.4. The number of aromatic nitrogens is 4. The molecule has 4 heterocycles. The Morgan fingerprint density at radius 3 is 2.53 bits per heavy atom. The van der Waals surface area contributed by atoms with E-state index in [1.54, 1.807) is 0 Å². The van der Waals surface area contributed by atoms with Crippen molar-refractivity contribution in [3.05, 3.63) is 66.0 Å². The molecule has 1 amide bonds. The SMILES string of the molecule is N=CC1CC(n2cc(-c3ccc(C(=O)NCC4CC5CC6CC(CC(=O)O)C6(C4)C5)c(C(F)(F)F)n3)c3ccc(OC4CCN(c5ncc(F)cn5)CC4)cc32)C1. The van der Waals surface area contributed by atoms with Crippen molar-refractivity contribution in [1.29, 1.82) is 5.41 Å². The number of aliphatic carboxylic acids is 1. The lowest BCUT2D eigenvalue weighted by Crippen LogP contribution is -2.49. The molecular weight excluding hydrogens is 742 g/mol. The van der Waals surface area contributed by atoms with Crippen molar-refractivity contribution in [2.75, 3.05) is 24.5 Å². The fraction of sp³-hybridized carbons (Fsp3) is 0.524. The van der Waals surface area contributed by atoms with E-state index >= 15 is 0 Å². The molecule has 2 bridgehead atoms. The number of alkyl halides is 3. The first-order valence-corrected chi connectivity index (χ1v) is 20.0. The number of nitrogens with zero attached hydrogens (tertiary/aromatic N) is 5. The van der Waals surface area contributed by atoms with Crippen LogP contribution in [0.4, 0.5) is 23.5 Å². The van der Waals surface area contributed by atoms with Crippen LogP contribution in [0, 0.1) is 46.2 Å². The van der Waals surface area contributed by atoms with Crippen molar-refractivity contribution in [3.8, 4) is 17.0 Å². The lowest BCUT2D eigenvalue weighted by molar-refractivity contribution is -0.145. The first kappa shape index (κ1) is 37.5. The van der Waals surface area contributed by atoms with Crippen molar-refractivity contribution in [3.63, 3.8) is 0 Å².